The molecule has 5 nitrogen and oxygen atoms in total. The lowest BCUT2D eigenvalue weighted by atomic mass is 10.1. The molecule has 0 saturated carbocycles. The van der Waals surface area contributed by atoms with Crippen LogP contribution in [-0.4, -0.2) is 26.3 Å². The summed E-state index contributed by atoms with van der Waals surface area (Å²) in [7, 11) is -2.00. The maximum Gasteiger partial charge on any atom is 0.262 e. The fourth-order valence-electron chi connectivity index (χ4n) is 3.00. The molecule has 0 aliphatic carbocycles. The maximum absolute atomic E-state index is 12.8. The molecule has 1 amide bonds. The Hall–Kier alpha value is -2.64. The maximum atomic E-state index is 12.8. The van der Waals surface area contributed by atoms with Gasteiger partial charge in [-0.15, -0.1) is 11.3 Å². The molecule has 0 spiro atoms. The Bertz CT molecular complexity index is 1150. The molecule has 0 atom stereocenters. The second-order valence-corrected chi connectivity index (χ2v) is 9.79. The van der Waals surface area contributed by atoms with Crippen LogP contribution in [0.3, 0.4) is 0 Å². The molecular formula is C22H24N2O3S2. The van der Waals surface area contributed by atoms with Gasteiger partial charge in [-0.05, 0) is 73.2 Å². The Morgan fingerprint density at radius 2 is 1.79 bits per heavy atom. The van der Waals surface area contributed by atoms with E-state index >= 15 is 0 Å². The average molecular weight is 429 g/mol. The molecule has 7 heteroatoms. The zero-order chi connectivity index (χ0) is 21.2. The van der Waals surface area contributed by atoms with Crippen LogP contribution in [0.15, 0.2) is 58.8 Å². The number of nitrogens with zero attached hydrogens (tertiary/aromatic N) is 1. The lowest BCUT2D eigenvalue weighted by Crippen LogP contribution is -2.26. The molecule has 29 heavy (non-hydrogen) atoms. The number of sulfonamides is 1. The number of rotatable bonds is 6. The van der Waals surface area contributed by atoms with E-state index in [-0.39, 0.29) is 10.8 Å². The van der Waals surface area contributed by atoms with Gasteiger partial charge < -0.3 is 4.90 Å². The van der Waals surface area contributed by atoms with Crippen molar-refractivity contribution >= 4 is 33.0 Å². The second-order valence-electron chi connectivity index (χ2n) is 7.14. The van der Waals surface area contributed by atoms with E-state index in [1.54, 1.807) is 66.6 Å². The first kappa shape index (κ1) is 21.1. The third kappa shape index (κ3) is 4.86. The van der Waals surface area contributed by atoms with Crippen LogP contribution in [0.5, 0.6) is 0 Å². The Kier molecular flexibility index (Phi) is 6.10. The fraction of sp³-hybridized carbons (Fsp3) is 0.227. The molecule has 3 rings (SSSR count). The standard InChI is InChI=1S/C22H24N2O3S2/c1-15-8-9-17(3)21(12-15)29(26,27)23-19-7-5-6-18(13-19)22(25)24(4)14-20-16(2)10-11-28-20/h5-13,23H,14H2,1-4H3. The molecule has 0 unspecified atom stereocenters. The molecule has 2 aromatic carbocycles. The number of amides is 1. The van der Waals surface area contributed by atoms with E-state index in [0.29, 0.717) is 23.4 Å². The van der Waals surface area contributed by atoms with Gasteiger partial charge in [-0.3, -0.25) is 9.52 Å². The van der Waals surface area contributed by atoms with Gasteiger partial charge in [0.2, 0.25) is 0 Å². The van der Waals surface area contributed by atoms with Crippen molar-refractivity contribution in [3.63, 3.8) is 0 Å². The van der Waals surface area contributed by atoms with Crippen LogP contribution in [0.25, 0.3) is 0 Å². The summed E-state index contributed by atoms with van der Waals surface area (Å²) in [5.74, 6) is -0.161. The number of hydrogen-bond acceptors (Lipinski definition) is 4. The third-order valence-corrected chi connectivity index (χ3v) is 7.22. The Morgan fingerprint density at radius 1 is 1.03 bits per heavy atom. The minimum absolute atomic E-state index is 0.161. The molecule has 3 aromatic rings. The van der Waals surface area contributed by atoms with Crippen LogP contribution in [0.2, 0.25) is 0 Å². The Morgan fingerprint density at radius 3 is 2.48 bits per heavy atom. The average Bonchev–Trinajstić information content (AvgIpc) is 3.07. The van der Waals surface area contributed by atoms with Gasteiger partial charge in [0.1, 0.15) is 0 Å². The third-order valence-electron chi connectivity index (χ3n) is 4.69. The number of benzene rings is 2. The predicted molar refractivity (Wildman–Crippen MR) is 118 cm³/mol. The fourth-order valence-corrected chi connectivity index (χ4v) is 5.34. The van der Waals surface area contributed by atoms with Crippen LogP contribution in [0.1, 0.15) is 31.9 Å². The number of carbonyl (C=O) groups is 1. The first-order valence-corrected chi connectivity index (χ1v) is 11.5. The van der Waals surface area contributed by atoms with Crippen LogP contribution in [0, 0.1) is 20.8 Å². The Balaban J connectivity index is 1.81. The number of nitrogens with one attached hydrogen (secondary N) is 1. The van der Waals surface area contributed by atoms with Crippen molar-refractivity contribution in [3.8, 4) is 0 Å². The topological polar surface area (TPSA) is 66.5 Å². The minimum atomic E-state index is -3.75. The molecule has 152 valence electrons. The van der Waals surface area contributed by atoms with E-state index in [2.05, 4.69) is 4.72 Å². The van der Waals surface area contributed by atoms with Crippen molar-refractivity contribution in [3.05, 3.63) is 81.0 Å². The van der Waals surface area contributed by atoms with Gasteiger partial charge in [-0.25, -0.2) is 8.42 Å². The molecule has 0 bridgehead atoms. The van der Waals surface area contributed by atoms with Crippen LogP contribution >= 0.6 is 11.3 Å². The molecular weight excluding hydrogens is 404 g/mol. The van der Waals surface area contributed by atoms with Crippen molar-refractivity contribution < 1.29 is 13.2 Å². The number of thiophene rings is 1. The summed E-state index contributed by atoms with van der Waals surface area (Å²) in [6.45, 7) is 6.14. The highest BCUT2D eigenvalue weighted by Gasteiger charge is 2.19. The smallest absolute Gasteiger partial charge is 0.262 e. The van der Waals surface area contributed by atoms with Crippen LogP contribution in [0.4, 0.5) is 5.69 Å². The van der Waals surface area contributed by atoms with E-state index in [4.69, 9.17) is 0 Å². The van der Waals surface area contributed by atoms with Crippen molar-refractivity contribution in [2.24, 2.45) is 0 Å². The van der Waals surface area contributed by atoms with Gasteiger partial charge in [0.15, 0.2) is 0 Å². The van der Waals surface area contributed by atoms with E-state index in [9.17, 15) is 13.2 Å². The summed E-state index contributed by atoms with van der Waals surface area (Å²) in [5, 5.41) is 2.01. The number of hydrogen-bond donors (Lipinski definition) is 1. The van der Waals surface area contributed by atoms with Gasteiger partial charge >= 0.3 is 0 Å². The van der Waals surface area contributed by atoms with Gasteiger partial charge in [-0.2, -0.15) is 0 Å². The van der Waals surface area contributed by atoms with E-state index in [1.807, 2.05) is 31.4 Å². The quantitative estimate of drug-likeness (QED) is 0.616. The molecule has 1 aromatic heterocycles. The highest BCUT2D eigenvalue weighted by atomic mass is 32.2. The van der Waals surface area contributed by atoms with Crippen molar-refractivity contribution in [1.29, 1.82) is 0 Å². The van der Waals surface area contributed by atoms with E-state index < -0.39 is 10.0 Å². The summed E-state index contributed by atoms with van der Waals surface area (Å²) in [5.41, 5.74) is 3.48. The lowest BCUT2D eigenvalue weighted by Gasteiger charge is -2.18. The molecule has 0 saturated heterocycles. The SMILES string of the molecule is Cc1ccc(C)c(S(=O)(=O)Nc2cccc(C(=O)N(C)Cc3sccc3C)c2)c1. The monoisotopic (exact) mass is 428 g/mol. The summed E-state index contributed by atoms with van der Waals surface area (Å²) in [6, 6.07) is 13.9. The molecule has 0 radical (unpaired) electrons. The summed E-state index contributed by atoms with van der Waals surface area (Å²) in [6.07, 6.45) is 0. The normalized spacial score (nSPS) is 11.3. The molecule has 0 fully saturated rings. The largest absolute Gasteiger partial charge is 0.337 e. The van der Waals surface area contributed by atoms with Crippen molar-refractivity contribution in [1.82, 2.24) is 4.90 Å². The summed E-state index contributed by atoms with van der Waals surface area (Å²) < 4.78 is 28.3. The predicted octanol–water partition coefficient (Wildman–Crippen LogP) is 4.75. The zero-order valence-corrected chi connectivity index (χ0v) is 18.5. The summed E-state index contributed by atoms with van der Waals surface area (Å²) in [4.78, 5) is 15.8. The van der Waals surface area contributed by atoms with Crippen LogP contribution < -0.4 is 4.72 Å². The van der Waals surface area contributed by atoms with Crippen molar-refractivity contribution in [2.45, 2.75) is 32.2 Å². The molecule has 0 aliphatic heterocycles. The Labute approximate surface area is 176 Å². The minimum Gasteiger partial charge on any atom is -0.337 e. The number of carbonyl (C=O) groups excluding carboxylic acids is 1. The van der Waals surface area contributed by atoms with E-state index in [0.717, 1.165) is 16.0 Å². The number of anilines is 1. The molecule has 1 N–H and O–H groups in total. The van der Waals surface area contributed by atoms with E-state index in [1.165, 1.54) is 0 Å². The van der Waals surface area contributed by atoms with Crippen LogP contribution in [-0.2, 0) is 16.6 Å². The first-order valence-electron chi connectivity index (χ1n) is 9.16. The van der Waals surface area contributed by atoms with Crippen molar-refractivity contribution in [2.75, 3.05) is 11.8 Å². The highest BCUT2D eigenvalue weighted by molar-refractivity contribution is 7.92. The van der Waals surface area contributed by atoms with Gasteiger partial charge in [-0.1, -0.05) is 18.2 Å². The zero-order valence-electron chi connectivity index (χ0n) is 16.9. The van der Waals surface area contributed by atoms with Gasteiger partial charge in [0, 0.05) is 23.2 Å². The summed E-state index contributed by atoms with van der Waals surface area (Å²) >= 11 is 1.62. The molecule has 1 heterocycles. The highest BCUT2D eigenvalue weighted by Crippen LogP contribution is 2.22. The number of aryl methyl sites for hydroxylation is 3. The first-order chi connectivity index (χ1) is 13.7. The molecule has 0 aliphatic rings. The second kappa shape index (κ2) is 8.39. The van der Waals surface area contributed by atoms with Gasteiger partial charge in [0.05, 0.1) is 11.4 Å². The lowest BCUT2D eigenvalue weighted by molar-refractivity contribution is 0.0786. The van der Waals surface area contributed by atoms with Gasteiger partial charge in [0.25, 0.3) is 15.9 Å².